The quantitative estimate of drug-likeness (QED) is 0.744. The van der Waals surface area contributed by atoms with Crippen molar-refractivity contribution in [2.45, 2.75) is 12.6 Å². The Hall–Kier alpha value is -2.12. The van der Waals surface area contributed by atoms with Crippen molar-refractivity contribution in [2.75, 3.05) is 32.8 Å². The van der Waals surface area contributed by atoms with Crippen molar-refractivity contribution in [2.24, 2.45) is 0 Å². The third-order valence-corrected chi connectivity index (χ3v) is 5.37. The van der Waals surface area contributed by atoms with Gasteiger partial charge in [0, 0.05) is 42.8 Å². The van der Waals surface area contributed by atoms with Gasteiger partial charge in [-0.25, -0.2) is 4.39 Å². The van der Waals surface area contributed by atoms with Gasteiger partial charge in [0.2, 0.25) is 6.10 Å². The molecule has 2 aromatic rings. The van der Waals surface area contributed by atoms with Gasteiger partial charge in [0.1, 0.15) is 12.4 Å². The maximum Gasteiger partial charge on any atom is 0.267 e. The lowest BCUT2D eigenvalue weighted by molar-refractivity contribution is -0.143. The van der Waals surface area contributed by atoms with E-state index in [9.17, 15) is 9.18 Å². The molecule has 0 spiro atoms. The van der Waals surface area contributed by atoms with Crippen LogP contribution in [-0.2, 0) is 11.3 Å². The van der Waals surface area contributed by atoms with Crippen molar-refractivity contribution < 1.29 is 18.7 Å². The number of carbonyl (C=O) groups excluding carboxylic acids is 1. The average Bonchev–Trinajstić information content (AvgIpc) is 2.70. The minimum atomic E-state index is -0.615. The van der Waals surface area contributed by atoms with Crippen LogP contribution in [0.25, 0.3) is 0 Å². The van der Waals surface area contributed by atoms with E-state index in [0.717, 1.165) is 4.47 Å². The van der Waals surface area contributed by atoms with Gasteiger partial charge in [-0.1, -0.05) is 34.1 Å². The van der Waals surface area contributed by atoms with E-state index in [1.54, 1.807) is 17.0 Å². The summed E-state index contributed by atoms with van der Waals surface area (Å²) in [5, 5.41) is 0. The summed E-state index contributed by atoms with van der Waals surface area (Å²) in [5.41, 5.74) is 0.665. The zero-order chi connectivity index (χ0) is 18.8. The molecule has 2 aliphatic rings. The minimum Gasteiger partial charge on any atom is -0.485 e. The fraction of sp³-hybridized carbons (Fsp3) is 0.350. The molecular weight excluding hydrogens is 415 g/mol. The summed E-state index contributed by atoms with van der Waals surface area (Å²) in [6.45, 7) is 3.35. The van der Waals surface area contributed by atoms with E-state index in [4.69, 9.17) is 9.47 Å². The van der Waals surface area contributed by atoms with Crippen LogP contribution in [0.5, 0.6) is 11.5 Å². The number of ether oxygens (including phenoxy) is 2. The molecule has 5 nitrogen and oxygen atoms in total. The maximum atomic E-state index is 14.0. The number of hydrogen-bond donors (Lipinski definition) is 0. The fourth-order valence-corrected chi connectivity index (χ4v) is 3.70. The van der Waals surface area contributed by atoms with Gasteiger partial charge in [-0.15, -0.1) is 0 Å². The van der Waals surface area contributed by atoms with Crippen molar-refractivity contribution in [3.8, 4) is 11.5 Å². The molecule has 0 radical (unpaired) electrons. The van der Waals surface area contributed by atoms with Crippen LogP contribution in [0.15, 0.2) is 46.9 Å². The Balaban J connectivity index is 1.32. The summed E-state index contributed by atoms with van der Waals surface area (Å²) in [6.07, 6.45) is -0.615. The monoisotopic (exact) mass is 434 g/mol. The number of halogens is 2. The molecule has 0 unspecified atom stereocenters. The fourth-order valence-electron chi connectivity index (χ4n) is 3.36. The van der Waals surface area contributed by atoms with Gasteiger partial charge in [0.25, 0.3) is 5.91 Å². The third kappa shape index (κ3) is 4.09. The molecule has 7 heteroatoms. The maximum absolute atomic E-state index is 14.0. The molecule has 0 aromatic heterocycles. The van der Waals surface area contributed by atoms with Crippen molar-refractivity contribution in [1.82, 2.24) is 9.80 Å². The van der Waals surface area contributed by atoms with Gasteiger partial charge in [-0.05, 0) is 24.3 Å². The first-order chi connectivity index (χ1) is 13.1. The highest BCUT2D eigenvalue weighted by Gasteiger charge is 2.32. The molecule has 0 bridgehead atoms. The first-order valence-electron chi connectivity index (χ1n) is 8.94. The molecule has 0 saturated carbocycles. The van der Waals surface area contributed by atoms with Gasteiger partial charge >= 0.3 is 0 Å². The second-order valence-electron chi connectivity index (χ2n) is 6.70. The Bertz CT molecular complexity index is 840. The topological polar surface area (TPSA) is 42.0 Å². The van der Waals surface area contributed by atoms with Crippen LogP contribution < -0.4 is 9.47 Å². The molecule has 27 heavy (non-hydrogen) atoms. The van der Waals surface area contributed by atoms with Gasteiger partial charge in [0.15, 0.2) is 11.5 Å². The van der Waals surface area contributed by atoms with Crippen LogP contribution in [0.3, 0.4) is 0 Å². The van der Waals surface area contributed by atoms with E-state index in [0.29, 0.717) is 49.8 Å². The normalized spacial score (nSPS) is 19.8. The number of nitrogens with zero attached hydrogens (tertiary/aromatic N) is 2. The predicted molar refractivity (Wildman–Crippen MR) is 102 cm³/mol. The van der Waals surface area contributed by atoms with Gasteiger partial charge in [0.05, 0.1) is 0 Å². The largest absolute Gasteiger partial charge is 0.485 e. The minimum absolute atomic E-state index is 0.0565. The molecule has 0 N–H and O–H groups in total. The number of rotatable bonds is 3. The van der Waals surface area contributed by atoms with Crippen LogP contribution in [-0.4, -0.2) is 54.6 Å². The predicted octanol–water partition coefficient (Wildman–Crippen LogP) is 3.07. The number of benzene rings is 2. The van der Waals surface area contributed by atoms with Crippen LogP contribution in [0.1, 0.15) is 5.56 Å². The van der Waals surface area contributed by atoms with E-state index in [1.807, 2.05) is 24.3 Å². The molecule has 4 rings (SSSR count). The zero-order valence-electron chi connectivity index (χ0n) is 14.7. The number of fused-ring (bicyclic) bond motifs is 1. The molecule has 1 amide bonds. The molecule has 2 heterocycles. The molecule has 1 atom stereocenters. The Morgan fingerprint density at radius 2 is 1.85 bits per heavy atom. The van der Waals surface area contributed by atoms with Crippen LogP contribution in [0.2, 0.25) is 0 Å². The lowest BCUT2D eigenvalue weighted by atomic mass is 10.1. The number of piperazine rings is 1. The molecule has 0 aliphatic carbocycles. The van der Waals surface area contributed by atoms with Crippen LogP contribution >= 0.6 is 15.9 Å². The summed E-state index contributed by atoms with van der Waals surface area (Å²) in [7, 11) is 0. The van der Waals surface area contributed by atoms with E-state index in [2.05, 4.69) is 20.8 Å². The zero-order valence-corrected chi connectivity index (χ0v) is 16.3. The van der Waals surface area contributed by atoms with E-state index in [1.165, 1.54) is 6.07 Å². The molecule has 1 saturated heterocycles. The van der Waals surface area contributed by atoms with Gasteiger partial charge in [-0.3, -0.25) is 9.69 Å². The van der Waals surface area contributed by atoms with Crippen molar-refractivity contribution >= 4 is 21.8 Å². The highest BCUT2D eigenvalue weighted by molar-refractivity contribution is 9.10. The van der Waals surface area contributed by atoms with E-state index in [-0.39, 0.29) is 18.3 Å². The smallest absolute Gasteiger partial charge is 0.267 e. The molecule has 2 aliphatic heterocycles. The summed E-state index contributed by atoms with van der Waals surface area (Å²) in [4.78, 5) is 16.7. The van der Waals surface area contributed by atoms with E-state index < -0.39 is 6.10 Å². The Morgan fingerprint density at radius 3 is 2.59 bits per heavy atom. The number of hydrogen-bond acceptors (Lipinski definition) is 4. The van der Waals surface area contributed by atoms with E-state index >= 15 is 0 Å². The number of amides is 1. The SMILES string of the molecule is O=C([C@@H]1COc2ccccc2O1)N1CCN(Cc2ccc(Br)cc2F)CC1. The van der Waals surface area contributed by atoms with Crippen LogP contribution in [0.4, 0.5) is 4.39 Å². The average molecular weight is 435 g/mol. The van der Waals surface area contributed by atoms with Crippen LogP contribution in [0, 0.1) is 5.82 Å². The summed E-state index contributed by atoms with van der Waals surface area (Å²) < 4.78 is 26.2. The van der Waals surface area contributed by atoms with Crippen molar-refractivity contribution in [3.63, 3.8) is 0 Å². The lowest BCUT2D eigenvalue weighted by Gasteiger charge is -2.37. The second kappa shape index (κ2) is 7.86. The Kier molecular flexibility index (Phi) is 5.31. The van der Waals surface area contributed by atoms with Crippen molar-refractivity contribution in [3.05, 3.63) is 58.3 Å². The molecule has 142 valence electrons. The van der Waals surface area contributed by atoms with Crippen molar-refractivity contribution in [1.29, 1.82) is 0 Å². The molecule has 2 aromatic carbocycles. The number of carbonyl (C=O) groups is 1. The number of para-hydroxylation sites is 2. The Labute approximate surface area is 165 Å². The summed E-state index contributed by atoms with van der Waals surface area (Å²) in [5.74, 6) is 1.00. The molecule has 1 fully saturated rings. The standard InChI is InChI=1S/C20H20BrFN2O3/c21-15-6-5-14(16(22)11-15)12-23-7-9-24(10-8-23)20(25)19-13-26-17-3-1-2-4-18(17)27-19/h1-6,11,19H,7-10,12-13H2/t19-/m0/s1. The third-order valence-electron chi connectivity index (χ3n) is 4.88. The Morgan fingerprint density at radius 1 is 1.11 bits per heavy atom. The summed E-state index contributed by atoms with van der Waals surface area (Å²) >= 11 is 3.27. The van der Waals surface area contributed by atoms with Gasteiger partial charge in [-0.2, -0.15) is 0 Å². The highest BCUT2D eigenvalue weighted by atomic mass is 79.9. The highest BCUT2D eigenvalue weighted by Crippen LogP contribution is 2.31. The summed E-state index contributed by atoms with van der Waals surface area (Å²) in [6, 6.07) is 12.5. The first kappa shape index (κ1) is 18.3. The lowest BCUT2D eigenvalue weighted by Crippen LogP contribution is -2.53. The van der Waals surface area contributed by atoms with Gasteiger partial charge < -0.3 is 14.4 Å². The first-order valence-corrected chi connectivity index (χ1v) is 9.73. The molecular formula is C20H20BrFN2O3. The second-order valence-corrected chi connectivity index (χ2v) is 7.62.